The lowest BCUT2D eigenvalue weighted by molar-refractivity contribution is -0.141. The summed E-state index contributed by atoms with van der Waals surface area (Å²) in [6.07, 6.45) is 3.58. The monoisotopic (exact) mass is 474 g/mol. The van der Waals surface area contributed by atoms with Gasteiger partial charge in [-0.2, -0.15) is 0 Å². The van der Waals surface area contributed by atoms with Crippen LogP contribution < -0.4 is 9.47 Å². The zero-order valence-electron chi connectivity index (χ0n) is 20.2. The van der Waals surface area contributed by atoms with E-state index in [0.29, 0.717) is 53.3 Å². The maximum Gasteiger partial charge on any atom is 0.338 e. The Morgan fingerprint density at radius 2 is 2.06 bits per heavy atom. The van der Waals surface area contributed by atoms with E-state index >= 15 is 0 Å². The van der Waals surface area contributed by atoms with Crippen molar-refractivity contribution in [3.05, 3.63) is 35.0 Å². The van der Waals surface area contributed by atoms with Gasteiger partial charge in [0.2, 0.25) is 5.91 Å². The van der Waals surface area contributed by atoms with E-state index in [4.69, 9.17) is 14.2 Å². The molecule has 1 saturated heterocycles. The number of carbonyl (C=O) groups is 2. The van der Waals surface area contributed by atoms with Crippen molar-refractivity contribution in [3.63, 3.8) is 0 Å². The molecule has 180 valence electrons. The molecule has 0 saturated carbocycles. The topological polar surface area (TPSA) is 77.4 Å². The summed E-state index contributed by atoms with van der Waals surface area (Å²) < 4.78 is 17.1. The Hall–Kier alpha value is -2.48. The van der Waals surface area contributed by atoms with E-state index in [-0.39, 0.29) is 11.8 Å². The molecule has 1 atom stereocenters. The van der Waals surface area contributed by atoms with Gasteiger partial charge in [-0.1, -0.05) is 51.4 Å². The van der Waals surface area contributed by atoms with E-state index in [1.54, 1.807) is 18.9 Å². The van der Waals surface area contributed by atoms with Crippen molar-refractivity contribution >= 4 is 28.8 Å². The number of fused-ring (bicyclic) bond motifs is 1. The summed E-state index contributed by atoms with van der Waals surface area (Å²) in [5.74, 6) is 1.58. The van der Waals surface area contributed by atoms with Crippen LogP contribution in [0.5, 0.6) is 11.5 Å². The number of thioether (sulfide) groups is 1. The number of amides is 1. The van der Waals surface area contributed by atoms with E-state index in [1.165, 1.54) is 11.8 Å². The molecule has 2 heterocycles. The van der Waals surface area contributed by atoms with Crippen LogP contribution in [-0.4, -0.2) is 48.0 Å². The summed E-state index contributed by atoms with van der Waals surface area (Å²) in [6.45, 7) is 8.82. The second-order valence-corrected chi connectivity index (χ2v) is 9.68. The highest BCUT2D eigenvalue weighted by Gasteiger charge is 2.42. The van der Waals surface area contributed by atoms with Gasteiger partial charge in [-0.3, -0.25) is 9.69 Å². The first-order valence-electron chi connectivity index (χ1n) is 11.6. The zero-order chi connectivity index (χ0) is 24.0. The van der Waals surface area contributed by atoms with Gasteiger partial charge >= 0.3 is 5.97 Å². The van der Waals surface area contributed by atoms with Crippen molar-refractivity contribution in [1.29, 1.82) is 0 Å². The van der Waals surface area contributed by atoms with Crippen LogP contribution in [0.15, 0.2) is 34.5 Å². The highest BCUT2D eigenvalue weighted by molar-refractivity contribution is 8.14. The molecule has 1 aromatic carbocycles. The van der Waals surface area contributed by atoms with Crippen LogP contribution in [-0.2, 0) is 14.3 Å². The Balaban J connectivity index is 1.99. The Labute approximate surface area is 200 Å². The lowest BCUT2D eigenvalue weighted by Crippen LogP contribution is -2.45. The summed E-state index contributed by atoms with van der Waals surface area (Å²) in [6, 6.07) is 4.96. The fourth-order valence-electron chi connectivity index (χ4n) is 3.80. The minimum Gasteiger partial charge on any atom is -0.493 e. The number of nitrogens with zero attached hydrogens (tertiary/aromatic N) is 2. The number of aliphatic imine (C=N–C) groups is 1. The molecule has 0 aromatic heterocycles. The van der Waals surface area contributed by atoms with Crippen molar-refractivity contribution in [2.45, 2.75) is 59.4 Å². The van der Waals surface area contributed by atoms with Crippen molar-refractivity contribution < 1.29 is 23.8 Å². The second kappa shape index (κ2) is 11.6. The van der Waals surface area contributed by atoms with Crippen molar-refractivity contribution in [3.8, 4) is 11.5 Å². The van der Waals surface area contributed by atoms with E-state index < -0.39 is 12.0 Å². The number of carbonyl (C=O) groups excluding carboxylic acids is 2. The average Bonchev–Trinajstić information content (AvgIpc) is 2.79. The molecule has 3 rings (SSSR count). The van der Waals surface area contributed by atoms with E-state index in [0.717, 1.165) is 24.8 Å². The van der Waals surface area contributed by atoms with Gasteiger partial charge in [-0.25, -0.2) is 9.79 Å². The molecule has 0 bridgehead atoms. The van der Waals surface area contributed by atoms with Crippen molar-refractivity contribution in [2.24, 2.45) is 10.9 Å². The molecule has 1 amide bonds. The lowest BCUT2D eigenvalue weighted by Gasteiger charge is -2.39. The van der Waals surface area contributed by atoms with Crippen LogP contribution >= 0.6 is 11.8 Å². The minimum absolute atomic E-state index is 0.0574. The number of methoxy groups -OCH3 is 1. The summed E-state index contributed by atoms with van der Waals surface area (Å²) >= 11 is 1.53. The quantitative estimate of drug-likeness (QED) is 0.346. The summed E-state index contributed by atoms with van der Waals surface area (Å²) in [4.78, 5) is 32.3. The fourth-order valence-corrected chi connectivity index (χ4v) is 4.81. The number of amidine groups is 1. The highest BCUT2D eigenvalue weighted by atomic mass is 32.2. The predicted octanol–water partition coefficient (Wildman–Crippen LogP) is 5.11. The highest BCUT2D eigenvalue weighted by Crippen LogP contribution is 2.42. The van der Waals surface area contributed by atoms with Gasteiger partial charge in [0.25, 0.3) is 0 Å². The molecule has 2 aliphatic rings. The van der Waals surface area contributed by atoms with Crippen LogP contribution in [0.3, 0.4) is 0 Å². The Bertz CT molecular complexity index is 941. The number of allylic oxidation sites excluding steroid dienone is 1. The molecule has 7 nitrogen and oxygen atoms in total. The van der Waals surface area contributed by atoms with Gasteiger partial charge in [0.1, 0.15) is 0 Å². The Kier molecular flexibility index (Phi) is 8.83. The first-order chi connectivity index (χ1) is 15.9. The fraction of sp³-hybridized carbons (Fsp3) is 0.560. The third-order valence-electron chi connectivity index (χ3n) is 5.48. The normalized spacial score (nSPS) is 18.2. The Morgan fingerprint density at radius 3 is 2.76 bits per heavy atom. The lowest BCUT2D eigenvalue weighted by atomic mass is 9.93. The van der Waals surface area contributed by atoms with E-state index in [9.17, 15) is 9.59 Å². The Morgan fingerprint density at radius 1 is 1.27 bits per heavy atom. The van der Waals surface area contributed by atoms with Gasteiger partial charge in [0.15, 0.2) is 16.7 Å². The maximum absolute atomic E-state index is 13.2. The molecular formula is C25H34N2O5S. The number of hydrogen-bond donors (Lipinski definition) is 0. The zero-order valence-corrected chi connectivity index (χ0v) is 21.0. The number of benzene rings is 1. The molecule has 0 radical (unpaired) electrons. The van der Waals surface area contributed by atoms with Gasteiger partial charge in [0.05, 0.1) is 37.6 Å². The number of esters is 1. The third-order valence-corrected chi connectivity index (χ3v) is 6.44. The van der Waals surface area contributed by atoms with Gasteiger partial charge < -0.3 is 14.2 Å². The summed E-state index contributed by atoms with van der Waals surface area (Å²) in [5, 5.41) is 0.619. The molecular weight excluding hydrogens is 440 g/mol. The second-order valence-electron chi connectivity index (χ2n) is 8.62. The van der Waals surface area contributed by atoms with Crippen LogP contribution in [0.25, 0.3) is 0 Å². The molecule has 8 heteroatoms. The molecule has 0 spiro atoms. The number of rotatable bonds is 10. The molecule has 33 heavy (non-hydrogen) atoms. The first kappa shape index (κ1) is 25.1. The molecule has 0 N–H and O–H groups in total. The molecule has 2 aliphatic heterocycles. The molecule has 1 fully saturated rings. The van der Waals surface area contributed by atoms with Crippen LogP contribution in [0.4, 0.5) is 0 Å². The molecule has 0 aliphatic carbocycles. The van der Waals surface area contributed by atoms with Crippen LogP contribution in [0, 0.1) is 5.92 Å². The predicted molar refractivity (Wildman–Crippen MR) is 131 cm³/mol. The van der Waals surface area contributed by atoms with Gasteiger partial charge in [-0.15, -0.1) is 0 Å². The number of ether oxygens (including phenoxy) is 3. The summed E-state index contributed by atoms with van der Waals surface area (Å²) in [5.41, 5.74) is 1.71. The summed E-state index contributed by atoms with van der Waals surface area (Å²) in [7, 11) is 1.59. The average molecular weight is 475 g/mol. The van der Waals surface area contributed by atoms with Crippen molar-refractivity contribution in [2.75, 3.05) is 26.1 Å². The third kappa shape index (κ3) is 5.91. The van der Waals surface area contributed by atoms with E-state index in [1.807, 2.05) is 32.0 Å². The first-order valence-corrected chi connectivity index (χ1v) is 12.6. The van der Waals surface area contributed by atoms with Gasteiger partial charge in [-0.05, 0) is 37.0 Å². The van der Waals surface area contributed by atoms with Gasteiger partial charge in [0, 0.05) is 12.2 Å². The smallest absolute Gasteiger partial charge is 0.338 e. The van der Waals surface area contributed by atoms with E-state index in [2.05, 4.69) is 11.9 Å². The van der Waals surface area contributed by atoms with Crippen molar-refractivity contribution in [1.82, 2.24) is 4.90 Å². The standard InChI is InChI=1S/C25H34N2O5S/c1-6-7-8-12-31-19-10-9-18(14-20(19)30-5)23-22(24(29)32-15-16(2)3)17(4)26-25-27(23)21(28)11-13-33-25/h9-10,14,16,23H,6-8,11-13,15H2,1-5H3. The van der Waals surface area contributed by atoms with Crippen LogP contribution in [0.2, 0.25) is 0 Å². The molecule has 1 aromatic rings. The number of hydrogen-bond acceptors (Lipinski definition) is 7. The van der Waals surface area contributed by atoms with Crippen LogP contribution in [0.1, 0.15) is 65.0 Å². The SMILES string of the molecule is CCCCCOc1ccc(C2C(C(=O)OCC(C)C)=C(C)N=C3SCCC(=O)N32)cc1OC. The molecule has 1 unspecified atom stereocenters. The number of unbranched alkanes of at least 4 members (excludes halogenated alkanes) is 2. The maximum atomic E-state index is 13.2. The minimum atomic E-state index is -0.625. The largest absolute Gasteiger partial charge is 0.493 e.